The first-order valence-corrected chi connectivity index (χ1v) is 9.18. The summed E-state index contributed by atoms with van der Waals surface area (Å²) in [5.41, 5.74) is -0.654. The second kappa shape index (κ2) is 8.50. The average Bonchev–Trinajstić information content (AvgIpc) is 2.84. The summed E-state index contributed by atoms with van der Waals surface area (Å²) in [6.07, 6.45) is 1.80. The highest BCUT2D eigenvalue weighted by Gasteiger charge is 2.37. The van der Waals surface area contributed by atoms with Crippen LogP contribution in [0.4, 0.5) is 4.39 Å². The predicted molar refractivity (Wildman–Crippen MR) is 98.7 cm³/mol. The van der Waals surface area contributed by atoms with Gasteiger partial charge in [0.2, 0.25) is 11.8 Å². The Morgan fingerprint density at radius 3 is 2.48 bits per heavy atom. The maximum Gasteiger partial charge on any atom is 0.323 e. The Balaban J connectivity index is 2.13. The van der Waals surface area contributed by atoms with Crippen LogP contribution >= 0.6 is 0 Å². The Kier molecular flexibility index (Phi) is 6.57. The van der Waals surface area contributed by atoms with E-state index in [1.54, 1.807) is 36.9 Å². The van der Waals surface area contributed by atoms with Gasteiger partial charge in [0.25, 0.3) is 0 Å². The standard InChI is InChI=1S/C20H27FN2O4/c1-14(24)23(13-18(25)26)15-7-6-11-22(12-10-15)19(27)20(2,3)16-8-4-5-9-17(16)21/h4-5,8-9,15H,6-7,10-13H2,1-3H3,(H,25,26). The van der Waals surface area contributed by atoms with Crippen LogP contribution in [-0.2, 0) is 19.8 Å². The molecule has 0 bridgehead atoms. The van der Waals surface area contributed by atoms with Gasteiger partial charge in [0, 0.05) is 31.6 Å². The number of aliphatic carboxylic acids is 1. The number of carbonyl (C=O) groups is 3. The molecule has 2 amide bonds. The van der Waals surface area contributed by atoms with Crippen LogP contribution in [0.15, 0.2) is 24.3 Å². The van der Waals surface area contributed by atoms with Crippen LogP contribution < -0.4 is 0 Å². The third kappa shape index (κ3) is 4.84. The molecule has 1 aliphatic heterocycles. The van der Waals surface area contributed by atoms with Crippen molar-refractivity contribution in [1.29, 1.82) is 0 Å². The fourth-order valence-electron chi connectivity index (χ4n) is 3.72. The summed E-state index contributed by atoms with van der Waals surface area (Å²) in [6.45, 7) is 5.36. The van der Waals surface area contributed by atoms with Crippen molar-refractivity contribution in [2.75, 3.05) is 19.6 Å². The van der Waals surface area contributed by atoms with Gasteiger partial charge in [0.1, 0.15) is 12.4 Å². The molecule has 1 saturated heterocycles. The molecule has 0 radical (unpaired) electrons. The highest BCUT2D eigenvalue weighted by Crippen LogP contribution is 2.29. The molecule has 0 saturated carbocycles. The number of carbonyl (C=O) groups excluding carboxylic acids is 2. The number of likely N-dealkylation sites (tertiary alicyclic amines) is 1. The zero-order valence-electron chi connectivity index (χ0n) is 16.1. The summed E-state index contributed by atoms with van der Waals surface area (Å²) in [5.74, 6) is -1.91. The molecule has 1 N–H and O–H groups in total. The lowest BCUT2D eigenvalue weighted by Crippen LogP contribution is -2.45. The molecule has 1 aromatic rings. The van der Waals surface area contributed by atoms with Crippen LogP contribution in [0.25, 0.3) is 0 Å². The van der Waals surface area contributed by atoms with E-state index >= 15 is 0 Å². The smallest absolute Gasteiger partial charge is 0.323 e. The summed E-state index contributed by atoms with van der Waals surface area (Å²) in [7, 11) is 0. The molecule has 0 spiro atoms. The predicted octanol–water partition coefficient (Wildman–Crippen LogP) is 2.42. The minimum Gasteiger partial charge on any atom is -0.480 e. The van der Waals surface area contributed by atoms with E-state index in [2.05, 4.69) is 0 Å². The molecule has 27 heavy (non-hydrogen) atoms. The molecule has 0 aliphatic carbocycles. The average molecular weight is 378 g/mol. The molecule has 1 heterocycles. The number of rotatable bonds is 5. The lowest BCUT2D eigenvalue weighted by atomic mass is 9.82. The van der Waals surface area contributed by atoms with E-state index in [0.29, 0.717) is 37.9 Å². The Labute approximate surface area is 158 Å². The molecule has 6 nitrogen and oxygen atoms in total. The van der Waals surface area contributed by atoms with Crippen molar-refractivity contribution in [3.63, 3.8) is 0 Å². The summed E-state index contributed by atoms with van der Waals surface area (Å²) in [4.78, 5) is 39.0. The SMILES string of the molecule is CC(=O)N(CC(=O)O)C1CCCN(C(=O)C(C)(C)c2ccccc2F)CC1. The first kappa shape index (κ1) is 20.9. The van der Waals surface area contributed by atoms with E-state index in [0.717, 1.165) is 0 Å². The Hall–Kier alpha value is -2.44. The maximum absolute atomic E-state index is 14.2. The lowest BCUT2D eigenvalue weighted by molar-refractivity contribution is -0.145. The van der Waals surface area contributed by atoms with E-state index in [4.69, 9.17) is 5.11 Å². The van der Waals surface area contributed by atoms with E-state index in [1.807, 2.05) is 0 Å². The number of carboxylic acids is 1. The van der Waals surface area contributed by atoms with Gasteiger partial charge in [-0.3, -0.25) is 14.4 Å². The minimum atomic E-state index is -1.05. The Morgan fingerprint density at radius 1 is 1.22 bits per heavy atom. The van der Waals surface area contributed by atoms with Crippen LogP contribution in [0.3, 0.4) is 0 Å². The molecule has 1 aromatic carbocycles. The van der Waals surface area contributed by atoms with Gasteiger partial charge in [-0.05, 0) is 39.2 Å². The third-order valence-electron chi connectivity index (χ3n) is 5.22. The third-order valence-corrected chi connectivity index (χ3v) is 5.22. The first-order chi connectivity index (χ1) is 12.6. The van der Waals surface area contributed by atoms with Gasteiger partial charge in [0.05, 0.1) is 5.41 Å². The molecule has 148 valence electrons. The molecular formula is C20H27FN2O4. The number of nitrogens with zero attached hydrogens (tertiary/aromatic N) is 2. The van der Waals surface area contributed by atoms with E-state index in [-0.39, 0.29) is 24.4 Å². The molecular weight excluding hydrogens is 351 g/mol. The highest BCUT2D eigenvalue weighted by atomic mass is 19.1. The van der Waals surface area contributed by atoms with Gasteiger partial charge in [-0.25, -0.2) is 4.39 Å². The molecule has 0 aromatic heterocycles. The van der Waals surface area contributed by atoms with Gasteiger partial charge >= 0.3 is 5.97 Å². The second-order valence-corrected chi connectivity index (χ2v) is 7.52. The van der Waals surface area contributed by atoms with Gasteiger partial charge in [-0.2, -0.15) is 0 Å². The largest absolute Gasteiger partial charge is 0.480 e. The normalized spacial score (nSPS) is 17.9. The molecule has 2 rings (SSSR count). The van der Waals surface area contributed by atoms with E-state index in [9.17, 15) is 18.8 Å². The van der Waals surface area contributed by atoms with Crippen LogP contribution in [0.2, 0.25) is 0 Å². The quantitative estimate of drug-likeness (QED) is 0.854. The minimum absolute atomic E-state index is 0.166. The number of benzene rings is 1. The highest BCUT2D eigenvalue weighted by molar-refractivity contribution is 5.87. The van der Waals surface area contributed by atoms with E-state index < -0.39 is 17.2 Å². The van der Waals surface area contributed by atoms with Crippen molar-refractivity contribution in [2.24, 2.45) is 0 Å². The molecule has 1 fully saturated rings. The zero-order valence-corrected chi connectivity index (χ0v) is 16.1. The maximum atomic E-state index is 14.2. The summed E-state index contributed by atoms with van der Waals surface area (Å²) in [5, 5.41) is 9.04. The summed E-state index contributed by atoms with van der Waals surface area (Å²) >= 11 is 0. The number of halogens is 1. The van der Waals surface area contributed by atoms with Gasteiger partial charge in [-0.1, -0.05) is 18.2 Å². The summed E-state index contributed by atoms with van der Waals surface area (Å²) in [6, 6.07) is 6.06. The number of amides is 2. The zero-order chi connectivity index (χ0) is 20.2. The van der Waals surface area contributed by atoms with Crippen molar-refractivity contribution < 1.29 is 23.9 Å². The Morgan fingerprint density at radius 2 is 1.89 bits per heavy atom. The summed E-state index contributed by atoms with van der Waals surface area (Å²) < 4.78 is 14.2. The van der Waals surface area contributed by atoms with Crippen molar-refractivity contribution in [3.8, 4) is 0 Å². The fraction of sp³-hybridized carbons (Fsp3) is 0.550. The van der Waals surface area contributed by atoms with E-state index in [1.165, 1.54) is 17.9 Å². The van der Waals surface area contributed by atoms with Gasteiger partial charge < -0.3 is 14.9 Å². The van der Waals surface area contributed by atoms with Crippen LogP contribution in [0.5, 0.6) is 0 Å². The first-order valence-electron chi connectivity index (χ1n) is 9.18. The van der Waals surface area contributed by atoms with Gasteiger partial charge in [0.15, 0.2) is 0 Å². The fourth-order valence-corrected chi connectivity index (χ4v) is 3.72. The van der Waals surface area contributed by atoms with Crippen LogP contribution in [0.1, 0.15) is 45.6 Å². The topological polar surface area (TPSA) is 77.9 Å². The van der Waals surface area contributed by atoms with Crippen LogP contribution in [0, 0.1) is 5.82 Å². The van der Waals surface area contributed by atoms with Crippen LogP contribution in [-0.4, -0.2) is 58.4 Å². The number of hydrogen-bond donors (Lipinski definition) is 1. The second-order valence-electron chi connectivity index (χ2n) is 7.52. The molecule has 1 unspecified atom stereocenters. The Bertz CT molecular complexity index is 720. The molecule has 1 atom stereocenters. The van der Waals surface area contributed by atoms with Crippen molar-refractivity contribution in [1.82, 2.24) is 9.80 Å². The van der Waals surface area contributed by atoms with Crippen molar-refractivity contribution >= 4 is 17.8 Å². The van der Waals surface area contributed by atoms with Gasteiger partial charge in [-0.15, -0.1) is 0 Å². The number of hydrogen-bond acceptors (Lipinski definition) is 3. The monoisotopic (exact) mass is 378 g/mol. The molecule has 7 heteroatoms. The lowest BCUT2D eigenvalue weighted by Gasteiger charge is -2.32. The van der Waals surface area contributed by atoms with Crippen molar-refractivity contribution in [2.45, 2.75) is 51.5 Å². The molecule has 1 aliphatic rings. The van der Waals surface area contributed by atoms with Crippen molar-refractivity contribution in [3.05, 3.63) is 35.6 Å². The number of carboxylic acid groups (broad SMARTS) is 1.